The molecule has 0 spiro atoms. The van der Waals surface area contributed by atoms with Crippen molar-refractivity contribution in [1.82, 2.24) is 4.98 Å². The van der Waals surface area contributed by atoms with E-state index < -0.39 is 0 Å². The number of azide groups is 1. The van der Waals surface area contributed by atoms with Crippen LogP contribution in [0.1, 0.15) is 5.56 Å². The van der Waals surface area contributed by atoms with Crippen LogP contribution in [-0.2, 0) is 6.42 Å². The molecule has 0 atom stereocenters. The van der Waals surface area contributed by atoms with Crippen LogP contribution in [0.25, 0.3) is 21.3 Å². The maximum Gasteiger partial charge on any atom is 0.132 e. The smallest absolute Gasteiger partial charge is 0.132 e. The average Bonchev–Trinajstić information content (AvgIpc) is 2.63. The third kappa shape index (κ3) is 1.78. The number of nitrogens with one attached hydrogen (secondary N) is 1. The zero-order chi connectivity index (χ0) is 10.7. The van der Waals surface area contributed by atoms with E-state index in [1.54, 1.807) is 12.3 Å². The minimum absolute atomic E-state index is 0.246. The van der Waals surface area contributed by atoms with Gasteiger partial charge in [-0.25, -0.2) is 4.39 Å². The van der Waals surface area contributed by atoms with Gasteiger partial charge in [-0.3, -0.25) is 0 Å². The lowest BCUT2D eigenvalue weighted by Gasteiger charge is -1.96. The molecule has 1 N–H and O–H groups in total. The highest BCUT2D eigenvalue weighted by Crippen LogP contribution is 2.21. The van der Waals surface area contributed by atoms with Crippen LogP contribution in [-0.4, -0.2) is 11.5 Å². The number of hydrogen-bond acceptors (Lipinski definition) is 1. The Balaban J connectivity index is 2.39. The summed E-state index contributed by atoms with van der Waals surface area (Å²) in [7, 11) is 0. The Kier molecular flexibility index (Phi) is 2.56. The van der Waals surface area contributed by atoms with Crippen LogP contribution in [0.5, 0.6) is 0 Å². The molecule has 0 aliphatic carbocycles. The van der Waals surface area contributed by atoms with E-state index in [0.717, 1.165) is 11.1 Å². The number of benzene rings is 1. The summed E-state index contributed by atoms with van der Waals surface area (Å²) in [5.74, 6) is -0.246. The summed E-state index contributed by atoms with van der Waals surface area (Å²) in [6.45, 7) is 0.345. The maximum atomic E-state index is 13.5. The summed E-state index contributed by atoms with van der Waals surface area (Å²) < 4.78 is 13.5. The Hall–Kier alpha value is -2.00. The molecular formula is C10H9FN4. The van der Waals surface area contributed by atoms with Crippen LogP contribution >= 0.6 is 0 Å². The molecule has 0 fully saturated rings. The van der Waals surface area contributed by atoms with Crippen molar-refractivity contribution in [1.29, 1.82) is 0 Å². The van der Waals surface area contributed by atoms with Gasteiger partial charge in [-0.2, -0.15) is 0 Å². The van der Waals surface area contributed by atoms with Gasteiger partial charge in [0, 0.05) is 28.6 Å². The summed E-state index contributed by atoms with van der Waals surface area (Å²) in [6, 6.07) is 4.90. The molecule has 0 saturated heterocycles. The second-order valence-electron chi connectivity index (χ2n) is 3.18. The second kappa shape index (κ2) is 4.02. The zero-order valence-corrected chi connectivity index (χ0v) is 7.94. The van der Waals surface area contributed by atoms with Crippen molar-refractivity contribution in [2.24, 2.45) is 5.11 Å². The standard InChI is InChI=1S/C10H9FN4/c11-8-2-1-3-9-10(8)7(6-13-9)4-5-14-15-12/h1-3,6,13H,4-5H2. The minimum Gasteiger partial charge on any atom is -0.361 e. The first-order valence-corrected chi connectivity index (χ1v) is 4.58. The largest absolute Gasteiger partial charge is 0.361 e. The summed E-state index contributed by atoms with van der Waals surface area (Å²) in [5.41, 5.74) is 9.75. The average molecular weight is 204 g/mol. The molecule has 2 aromatic rings. The molecule has 76 valence electrons. The molecular weight excluding hydrogens is 195 g/mol. The van der Waals surface area contributed by atoms with E-state index in [1.807, 2.05) is 6.07 Å². The van der Waals surface area contributed by atoms with Gasteiger partial charge in [0.2, 0.25) is 0 Å². The van der Waals surface area contributed by atoms with Gasteiger partial charge in [-0.1, -0.05) is 11.2 Å². The molecule has 2 rings (SSSR count). The monoisotopic (exact) mass is 204 g/mol. The predicted octanol–water partition coefficient (Wildman–Crippen LogP) is 3.16. The summed E-state index contributed by atoms with van der Waals surface area (Å²) in [5, 5.41) is 4.02. The Morgan fingerprint density at radius 1 is 1.47 bits per heavy atom. The van der Waals surface area contributed by atoms with Crippen molar-refractivity contribution in [3.8, 4) is 0 Å². The topological polar surface area (TPSA) is 64.6 Å². The van der Waals surface area contributed by atoms with Crippen molar-refractivity contribution in [3.63, 3.8) is 0 Å². The van der Waals surface area contributed by atoms with Crippen molar-refractivity contribution in [2.75, 3.05) is 6.54 Å². The molecule has 1 aromatic heterocycles. The Labute approximate surface area is 85.4 Å². The SMILES string of the molecule is [N-]=[N+]=NCCc1c[nH]c2cccc(F)c12. The zero-order valence-electron chi connectivity index (χ0n) is 7.94. The van der Waals surface area contributed by atoms with Gasteiger partial charge in [0.1, 0.15) is 5.82 Å². The van der Waals surface area contributed by atoms with Crippen LogP contribution in [0.4, 0.5) is 4.39 Å². The van der Waals surface area contributed by atoms with Crippen molar-refractivity contribution < 1.29 is 4.39 Å². The van der Waals surface area contributed by atoms with E-state index in [9.17, 15) is 4.39 Å². The number of rotatable bonds is 3. The number of H-pyrrole nitrogens is 1. The van der Waals surface area contributed by atoms with Crippen LogP contribution in [0.3, 0.4) is 0 Å². The number of hydrogen-bond donors (Lipinski definition) is 1. The normalized spacial score (nSPS) is 10.2. The molecule has 1 heterocycles. The Morgan fingerprint density at radius 3 is 3.13 bits per heavy atom. The van der Waals surface area contributed by atoms with Gasteiger partial charge in [0.25, 0.3) is 0 Å². The van der Waals surface area contributed by atoms with E-state index in [2.05, 4.69) is 15.0 Å². The second-order valence-corrected chi connectivity index (χ2v) is 3.18. The fourth-order valence-corrected chi connectivity index (χ4v) is 1.62. The number of halogens is 1. The molecule has 1 aromatic carbocycles. The van der Waals surface area contributed by atoms with E-state index in [1.165, 1.54) is 6.07 Å². The number of aromatic amines is 1. The molecule has 0 amide bonds. The lowest BCUT2D eigenvalue weighted by atomic mass is 10.1. The van der Waals surface area contributed by atoms with Gasteiger partial charge < -0.3 is 4.98 Å². The Bertz CT molecular complexity index is 525. The highest BCUT2D eigenvalue weighted by molar-refractivity contribution is 5.83. The number of fused-ring (bicyclic) bond motifs is 1. The molecule has 0 unspecified atom stereocenters. The van der Waals surface area contributed by atoms with Gasteiger partial charge in [0.05, 0.1) is 0 Å². The van der Waals surface area contributed by atoms with Crippen LogP contribution in [0.2, 0.25) is 0 Å². The fraction of sp³-hybridized carbons (Fsp3) is 0.200. The number of nitrogens with zero attached hydrogens (tertiary/aromatic N) is 3. The van der Waals surface area contributed by atoms with Crippen molar-refractivity contribution in [2.45, 2.75) is 6.42 Å². The van der Waals surface area contributed by atoms with Gasteiger partial charge in [-0.15, -0.1) is 0 Å². The van der Waals surface area contributed by atoms with Gasteiger partial charge in [0.15, 0.2) is 0 Å². The third-order valence-electron chi connectivity index (χ3n) is 2.28. The van der Waals surface area contributed by atoms with Crippen molar-refractivity contribution >= 4 is 10.9 Å². The molecule has 0 aliphatic rings. The Morgan fingerprint density at radius 2 is 2.33 bits per heavy atom. The first-order valence-electron chi connectivity index (χ1n) is 4.58. The first kappa shape index (κ1) is 9.55. The third-order valence-corrected chi connectivity index (χ3v) is 2.28. The first-order chi connectivity index (χ1) is 7.33. The molecule has 5 heteroatoms. The maximum absolute atomic E-state index is 13.5. The van der Waals surface area contributed by atoms with E-state index in [0.29, 0.717) is 18.4 Å². The lowest BCUT2D eigenvalue weighted by molar-refractivity contribution is 0.639. The highest BCUT2D eigenvalue weighted by Gasteiger charge is 2.07. The van der Waals surface area contributed by atoms with Crippen LogP contribution in [0, 0.1) is 5.82 Å². The van der Waals surface area contributed by atoms with E-state index in [4.69, 9.17) is 5.53 Å². The van der Waals surface area contributed by atoms with Gasteiger partial charge >= 0.3 is 0 Å². The minimum atomic E-state index is -0.246. The summed E-state index contributed by atoms with van der Waals surface area (Å²) in [4.78, 5) is 5.64. The number of aromatic nitrogens is 1. The van der Waals surface area contributed by atoms with Crippen molar-refractivity contribution in [3.05, 3.63) is 46.2 Å². The van der Waals surface area contributed by atoms with E-state index in [-0.39, 0.29) is 5.82 Å². The molecule has 0 saturated carbocycles. The molecule has 0 aliphatic heterocycles. The molecule has 0 bridgehead atoms. The fourth-order valence-electron chi connectivity index (χ4n) is 1.62. The summed E-state index contributed by atoms with van der Waals surface area (Å²) >= 11 is 0. The molecule has 4 nitrogen and oxygen atoms in total. The quantitative estimate of drug-likeness (QED) is 0.453. The highest BCUT2D eigenvalue weighted by atomic mass is 19.1. The molecule has 15 heavy (non-hydrogen) atoms. The van der Waals surface area contributed by atoms with Crippen LogP contribution < -0.4 is 0 Å². The van der Waals surface area contributed by atoms with E-state index >= 15 is 0 Å². The van der Waals surface area contributed by atoms with Gasteiger partial charge in [-0.05, 0) is 29.6 Å². The van der Waals surface area contributed by atoms with Crippen LogP contribution in [0.15, 0.2) is 29.5 Å². The molecule has 0 radical (unpaired) electrons. The predicted molar refractivity (Wildman–Crippen MR) is 56.0 cm³/mol. The lowest BCUT2D eigenvalue weighted by Crippen LogP contribution is -1.88. The summed E-state index contributed by atoms with van der Waals surface area (Å²) in [6.07, 6.45) is 2.30.